The van der Waals surface area contributed by atoms with Crippen LogP contribution in [-0.2, 0) is 32.1 Å². The van der Waals surface area contributed by atoms with E-state index in [4.69, 9.17) is 4.74 Å². The van der Waals surface area contributed by atoms with Crippen molar-refractivity contribution in [1.29, 1.82) is 0 Å². The van der Waals surface area contributed by atoms with Crippen LogP contribution in [0.15, 0.2) is 23.6 Å². The Bertz CT molecular complexity index is 1020. The third-order valence-corrected chi connectivity index (χ3v) is 6.60. The lowest BCUT2D eigenvalue weighted by molar-refractivity contribution is -0.154. The lowest BCUT2D eigenvalue weighted by Gasteiger charge is -2.34. The van der Waals surface area contributed by atoms with Gasteiger partial charge in [0.1, 0.15) is 11.6 Å². The number of thiazole rings is 1. The van der Waals surface area contributed by atoms with Gasteiger partial charge in [0.25, 0.3) is 0 Å². The first-order valence-corrected chi connectivity index (χ1v) is 12.2. The monoisotopic (exact) mass is 471 g/mol. The lowest BCUT2D eigenvalue weighted by Crippen LogP contribution is -2.45. The van der Waals surface area contributed by atoms with Crippen LogP contribution in [0.1, 0.15) is 55.4 Å². The van der Waals surface area contributed by atoms with Crippen molar-refractivity contribution >= 4 is 34.8 Å². The number of amides is 2. The molecular weight excluding hydrogens is 438 g/mol. The van der Waals surface area contributed by atoms with Crippen molar-refractivity contribution in [2.24, 2.45) is 11.3 Å². The Kier molecular flexibility index (Phi) is 7.89. The second kappa shape index (κ2) is 10.5. The number of esters is 1. The lowest BCUT2D eigenvalue weighted by atomic mass is 9.91. The van der Waals surface area contributed by atoms with Gasteiger partial charge in [-0.3, -0.25) is 14.4 Å². The molecule has 0 spiro atoms. The molecule has 1 N–H and O–H groups in total. The summed E-state index contributed by atoms with van der Waals surface area (Å²) in [6.45, 7) is 10.9. The number of hydrogen-bond acceptors (Lipinski definition) is 6. The fourth-order valence-electron chi connectivity index (χ4n) is 3.75. The second-order valence-electron chi connectivity index (χ2n) is 9.70. The number of benzene rings is 1. The predicted molar refractivity (Wildman–Crippen MR) is 129 cm³/mol. The van der Waals surface area contributed by atoms with E-state index in [1.807, 2.05) is 63.1 Å². The minimum atomic E-state index is -0.411. The summed E-state index contributed by atoms with van der Waals surface area (Å²) in [5.41, 5.74) is 3.13. The zero-order valence-electron chi connectivity index (χ0n) is 20.1. The summed E-state index contributed by atoms with van der Waals surface area (Å²) in [6, 6.07) is 5.94. The first-order chi connectivity index (χ1) is 15.5. The minimum absolute atomic E-state index is 0.0923. The average Bonchev–Trinajstić information content (AvgIpc) is 3.20. The molecular formula is C25H33N3O4S. The number of hydrogen-bond donors (Lipinski definition) is 1. The van der Waals surface area contributed by atoms with Crippen LogP contribution >= 0.6 is 11.3 Å². The third-order valence-electron chi connectivity index (χ3n) is 5.70. The molecule has 0 bridgehead atoms. The van der Waals surface area contributed by atoms with Crippen molar-refractivity contribution < 1.29 is 19.1 Å². The maximum absolute atomic E-state index is 12.5. The van der Waals surface area contributed by atoms with E-state index >= 15 is 0 Å². The van der Waals surface area contributed by atoms with E-state index in [2.05, 4.69) is 10.3 Å². The molecule has 1 saturated heterocycles. The molecule has 2 aromatic rings. The normalized spacial score (nSPS) is 14.8. The Morgan fingerprint density at radius 1 is 1.18 bits per heavy atom. The summed E-state index contributed by atoms with van der Waals surface area (Å²) in [6.07, 6.45) is 1.40. The number of ether oxygens (including phenoxy) is 1. The molecule has 1 aliphatic heterocycles. The molecule has 2 heterocycles. The number of carbonyl (C=O) groups excluding carboxylic acids is 3. The highest BCUT2D eigenvalue weighted by atomic mass is 32.1. The Balaban J connectivity index is 1.44. The molecule has 0 aliphatic carbocycles. The first kappa shape index (κ1) is 24.9. The van der Waals surface area contributed by atoms with Crippen LogP contribution in [-0.4, -0.2) is 40.8 Å². The summed E-state index contributed by atoms with van der Waals surface area (Å²) >= 11 is 1.38. The second-order valence-corrected chi connectivity index (χ2v) is 10.6. The summed E-state index contributed by atoms with van der Waals surface area (Å²) in [5, 5.41) is 5.43. The van der Waals surface area contributed by atoms with Gasteiger partial charge in [0, 0.05) is 29.6 Å². The first-order valence-electron chi connectivity index (χ1n) is 11.3. The fourth-order valence-corrected chi connectivity index (χ4v) is 4.53. The SMILES string of the molecule is Cc1ccc(C)c(NC(=O)Cc2nc(COC(=O)C3CCN(C(=O)C(C)(C)C)CC3)cs2)c1. The number of nitrogens with zero attached hydrogens (tertiary/aromatic N) is 2. The van der Waals surface area contributed by atoms with Gasteiger partial charge in [-0.2, -0.15) is 0 Å². The zero-order chi connectivity index (χ0) is 24.2. The van der Waals surface area contributed by atoms with Crippen molar-refractivity contribution in [3.63, 3.8) is 0 Å². The molecule has 0 unspecified atom stereocenters. The summed E-state index contributed by atoms with van der Waals surface area (Å²) in [7, 11) is 0. The van der Waals surface area contributed by atoms with Crippen LogP contribution in [0, 0.1) is 25.2 Å². The van der Waals surface area contributed by atoms with Gasteiger partial charge in [-0.15, -0.1) is 11.3 Å². The van der Waals surface area contributed by atoms with Gasteiger partial charge in [0.2, 0.25) is 11.8 Å². The van der Waals surface area contributed by atoms with Crippen LogP contribution in [0.2, 0.25) is 0 Å². The number of likely N-dealkylation sites (tertiary alicyclic amines) is 1. The van der Waals surface area contributed by atoms with Gasteiger partial charge >= 0.3 is 5.97 Å². The standard InChI is InChI=1S/C25H33N3O4S/c1-16-6-7-17(2)20(12-16)27-21(29)13-22-26-19(15-33-22)14-32-23(30)18-8-10-28(11-9-18)24(31)25(3,4)5/h6-7,12,15,18H,8-11,13-14H2,1-5H3,(H,27,29). The molecule has 0 radical (unpaired) electrons. The Hall–Kier alpha value is -2.74. The Labute approximate surface area is 199 Å². The zero-order valence-corrected chi connectivity index (χ0v) is 20.9. The van der Waals surface area contributed by atoms with Crippen LogP contribution in [0.5, 0.6) is 0 Å². The maximum atomic E-state index is 12.5. The van der Waals surface area contributed by atoms with Crippen LogP contribution in [0.4, 0.5) is 5.69 Å². The van der Waals surface area contributed by atoms with E-state index in [0.29, 0.717) is 36.6 Å². The molecule has 0 saturated carbocycles. The number of nitrogens with one attached hydrogen (secondary N) is 1. The number of aryl methyl sites for hydroxylation is 2. The topological polar surface area (TPSA) is 88.6 Å². The highest BCUT2D eigenvalue weighted by Gasteiger charge is 2.33. The summed E-state index contributed by atoms with van der Waals surface area (Å²) in [5.74, 6) is -0.459. The van der Waals surface area contributed by atoms with Gasteiger partial charge in [-0.05, 0) is 43.9 Å². The molecule has 1 aromatic carbocycles. The van der Waals surface area contributed by atoms with E-state index in [1.54, 1.807) is 0 Å². The van der Waals surface area contributed by atoms with Crippen molar-refractivity contribution in [2.75, 3.05) is 18.4 Å². The molecule has 1 aromatic heterocycles. The molecule has 7 nitrogen and oxygen atoms in total. The maximum Gasteiger partial charge on any atom is 0.309 e. The highest BCUT2D eigenvalue weighted by molar-refractivity contribution is 7.09. The number of anilines is 1. The van der Waals surface area contributed by atoms with Gasteiger partial charge < -0.3 is 15.0 Å². The predicted octanol–water partition coefficient (Wildman–Crippen LogP) is 4.27. The largest absolute Gasteiger partial charge is 0.459 e. The quantitative estimate of drug-likeness (QED) is 0.636. The molecule has 3 rings (SSSR count). The van der Waals surface area contributed by atoms with Gasteiger partial charge in [0.15, 0.2) is 0 Å². The number of piperidine rings is 1. The van der Waals surface area contributed by atoms with Crippen molar-refractivity contribution in [1.82, 2.24) is 9.88 Å². The fraction of sp³-hybridized carbons (Fsp3) is 0.520. The smallest absolute Gasteiger partial charge is 0.309 e. The van der Waals surface area contributed by atoms with Crippen LogP contribution in [0.25, 0.3) is 0 Å². The van der Waals surface area contributed by atoms with E-state index in [-0.39, 0.29) is 36.7 Å². The van der Waals surface area contributed by atoms with Gasteiger partial charge in [-0.25, -0.2) is 4.98 Å². The number of aromatic nitrogens is 1. The van der Waals surface area contributed by atoms with Gasteiger partial charge in [-0.1, -0.05) is 32.9 Å². The molecule has 0 atom stereocenters. The van der Waals surface area contributed by atoms with Crippen molar-refractivity contribution in [3.05, 3.63) is 45.4 Å². The highest BCUT2D eigenvalue weighted by Crippen LogP contribution is 2.25. The van der Waals surface area contributed by atoms with E-state index in [0.717, 1.165) is 16.8 Å². The van der Waals surface area contributed by atoms with Gasteiger partial charge in [0.05, 0.1) is 18.0 Å². The third kappa shape index (κ3) is 6.87. The number of carbonyl (C=O) groups is 3. The molecule has 1 fully saturated rings. The Morgan fingerprint density at radius 2 is 1.88 bits per heavy atom. The molecule has 1 aliphatic rings. The number of rotatable bonds is 6. The summed E-state index contributed by atoms with van der Waals surface area (Å²) in [4.78, 5) is 43.5. The average molecular weight is 472 g/mol. The molecule has 178 valence electrons. The molecule has 33 heavy (non-hydrogen) atoms. The van der Waals surface area contributed by atoms with Crippen LogP contribution in [0.3, 0.4) is 0 Å². The Morgan fingerprint density at radius 3 is 2.55 bits per heavy atom. The minimum Gasteiger partial charge on any atom is -0.459 e. The summed E-state index contributed by atoms with van der Waals surface area (Å²) < 4.78 is 5.47. The molecule has 8 heteroatoms. The van der Waals surface area contributed by atoms with Crippen LogP contribution < -0.4 is 5.32 Å². The van der Waals surface area contributed by atoms with Crippen molar-refractivity contribution in [3.8, 4) is 0 Å². The van der Waals surface area contributed by atoms with E-state index in [1.165, 1.54) is 11.3 Å². The van der Waals surface area contributed by atoms with E-state index < -0.39 is 5.41 Å². The van der Waals surface area contributed by atoms with E-state index in [9.17, 15) is 14.4 Å². The molecule has 2 amide bonds. The van der Waals surface area contributed by atoms with Crippen molar-refractivity contribution in [2.45, 2.75) is 60.5 Å².